The van der Waals surface area contributed by atoms with Gasteiger partial charge >= 0.3 is 0 Å². The van der Waals surface area contributed by atoms with E-state index in [9.17, 15) is 4.79 Å². The molecule has 25 heavy (non-hydrogen) atoms. The van der Waals surface area contributed by atoms with Crippen molar-refractivity contribution in [2.24, 2.45) is 0 Å². The van der Waals surface area contributed by atoms with Gasteiger partial charge in [-0.3, -0.25) is 14.2 Å². The third-order valence-corrected chi connectivity index (χ3v) is 5.26. The van der Waals surface area contributed by atoms with Crippen LogP contribution in [0, 0.1) is 13.8 Å². The molecule has 6 heteroatoms. The molecule has 0 aromatic carbocycles. The third kappa shape index (κ3) is 3.10. The largest absolute Gasteiger partial charge is 0.344 e. The summed E-state index contributed by atoms with van der Waals surface area (Å²) < 4.78 is 3.86. The molecule has 0 spiro atoms. The number of hydrogen-bond acceptors (Lipinski definition) is 3. The maximum absolute atomic E-state index is 13.0. The van der Waals surface area contributed by atoms with E-state index >= 15 is 0 Å². The molecule has 0 bridgehead atoms. The fraction of sp³-hybridized carbons (Fsp3) is 0.632. The van der Waals surface area contributed by atoms with E-state index < -0.39 is 0 Å². The Bertz CT molecular complexity index is 786. The zero-order valence-electron chi connectivity index (χ0n) is 16.0. The summed E-state index contributed by atoms with van der Waals surface area (Å²) in [4.78, 5) is 13.0. The minimum atomic E-state index is -0.0766. The normalized spacial score (nSPS) is 15.1. The predicted molar refractivity (Wildman–Crippen MR) is 97.8 cm³/mol. The summed E-state index contributed by atoms with van der Waals surface area (Å²) in [6.07, 6.45) is 4.25. The van der Waals surface area contributed by atoms with E-state index in [1.54, 1.807) is 0 Å². The van der Waals surface area contributed by atoms with Crippen LogP contribution >= 0.6 is 0 Å². The molecule has 2 aromatic rings. The molecule has 1 N–H and O–H groups in total. The van der Waals surface area contributed by atoms with E-state index in [1.807, 2.05) is 30.1 Å². The first-order valence-electron chi connectivity index (χ1n) is 9.41. The molecule has 1 unspecified atom stereocenters. The Balaban J connectivity index is 1.88. The first-order valence-corrected chi connectivity index (χ1v) is 9.41. The van der Waals surface area contributed by atoms with Crippen LogP contribution in [-0.2, 0) is 25.9 Å². The van der Waals surface area contributed by atoms with Crippen LogP contribution in [-0.4, -0.2) is 25.5 Å². The maximum atomic E-state index is 13.0. The van der Waals surface area contributed by atoms with Crippen molar-refractivity contribution in [3.05, 3.63) is 33.9 Å². The van der Waals surface area contributed by atoms with Crippen LogP contribution in [0.15, 0.2) is 0 Å². The first-order chi connectivity index (χ1) is 12.0. The summed E-state index contributed by atoms with van der Waals surface area (Å²) in [5.41, 5.74) is 6.23. The molecule has 2 heterocycles. The summed E-state index contributed by atoms with van der Waals surface area (Å²) in [5, 5.41) is 12.4. The van der Waals surface area contributed by atoms with E-state index in [1.165, 1.54) is 6.42 Å². The zero-order valence-corrected chi connectivity index (χ0v) is 16.0. The van der Waals surface area contributed by atoms with Gasteiger partial charge in [-0.1, -0.05) is 0 Å². The highest BCUT2D eigenvalue weighted by Crippen LogP contribution is 2.26. The Hall–Kier alpha value is -2.11. The van der Waals surface area contributed by atoms with Crippen molar-refractivity contribution in [3.8, 4) is 0 Å². The summed E-state index contributed by atoms with van der Waals surface area (Å²) in [6.45, 7) is 11.8. The Morgan fingerprint density at radius 1 is 1.12 bits per heavy atom. The van der Waals surface area contributed by atoms with Gasteiger partial charge in [0.05, 0.1) is 17.4 Å². The number of carbonyl (C=O) groups is 1. The summed E-state index contributed by atoms with van der Waals surface area (Å²) in [7, 11) is 0. The van der Waals surface area contributed by atoms with Gasteiger partial charge in [0.15, 0.2) is 0 Å². The van der Waals surface area contributed by atoms with Crippen molar-refractivity contribution in [2.75, 3.05) is 0 Å². The number of aromatic nitrogens is 4. The Morgan fingerprint density at radius 2 is 1.80 bits per heavy atom. The fourth-order valence-electron chi connectivity index (χ4n) is 4.07. The van der Waals surface area contributed by atoms with Crippen LogP contribution in [0.2, 0.25) is 0 Å². The molecule has 1 aliphatic rings. The lowest BCUT2D eigenvalue weighted by Crippen LogP contribution is -2.30. The van der Waals surface area contributed by atoms with Gasteiger partial charge < -0.3 is 5.32 Å². The minimum absolute atomic E-state index is 0.0203. The lowest BCUT2D eigenvalue weighted by atomic mass is 9.95. The highest BCUT2D eigenvalue weighted by atomic mass is 16.2. The SMILES string of the molecule is CCn1nc(C)c(C(C)NC(=O)c2c3c(nn2CC)CCCC3)c1C. The minimum Gasteiger partial charge on any atom is -0.344 e. The smallest absolute Gasteiger partial charge is 0.270 e. The number of carbonyl (C=O) groups excluding carboxylic acids is 1. The van der Waals surface area contributed by atoms with Gasteiger partial charge in [0.2, 0.25) is 0 Å². The number of amides is 1. The van der Waals surface area contributed by atoms with Gasteiger partial charge in [0.25, 0.3) is 5.91 Å². The van der Waals surface area contributed by atoms with Crippen LogP contribution in [0.25, 0.3) is 0 Å². The van der Waals surface area contributed by atoms with E-state index in [2.05, 4.69) is 29.4 Å². The average Bonchev–Trinajstić information content (AvgIpc) is 3.11. The standard InChI is InChI=1S/C19H29N5O/c1-6-23-14(5)17(13(4)21-23)12(3)20-19(25)18-15-10-8-9-11-16(15)22-24(18)7-2/h12H,6-11H2,1-5H3,(H,20,25). The molecule has 136 valence electrons. The average molecular weight is 343 g/mol. The molecule has 2 aromatic heterocycles. The van der Waals surface area contributed by atoms with Crippen molar-refractivity contribution < 1.29 is 4.79 Å². The third-order valence-electron chi connectivity index (χ3n) is 5.26. The highest BCUT2D eigenvalue weighted by Gasteiger charge is 2.27. The van der Waals surface area contributed by atoms with Crippen LogP contribution in [0.5, 0.6) is 0 Å². The van der Waals surface area contributed by atoms with E-state index in [4.69, 9.17) is 0 Å². The number of nitrogens with one attached hydrogen (secondary N) is 1. The molecule has 0 saturated heterocycles. The van der Waals surface area contributed by atoms with Gasteiger partial charge in [-0.2, -0.15) is 10.2 Å². The summed E-state index contributed by atoms with van der Waals surface area (Å²) in [5.74, 6) is -0.0203. The lowest BCUT2D eigenvalue weighted by Gasteiger charge is -2.17. The number of hydrogen-bond donors (Lipinski definition) is 1. The maximum Gasteiger partial charge on any atom is 0.270 e. The second kappa shape index (κ2) is 7.02. The molecule has 3 rings (SSSR count). The van der Waals surface area contributed by atoms with E-state index in [0.717, 1.165) is 66.3 Å². The fourth-order valence-corrected chi connectivity index (χ4v) is 4.07. The van der Waals surface area contributed by atoms with Gasteiger partial charge in [0, 0.05) is 29.9 Å². The van der Waals surface area contributed by atoms with Crippen LogP contribution < -0.4 is 5.32 Å². The van der Waals surface area contributed by atoms with Gasteiger partial charge in [-0.25, -0.2) is 0 Å². The van der Waals surface area contributed by atoms with Crippen molar-refractivity contribution >= 4 is 5.91 Å². The monoisotopic (exact) mass is 343 g/mol. The Morgan fingerprint density at radius 3 is 2.44 bits per heavy atom. The second-order valence-electron chi connectivity index (χ2n) is 6.89. The van der Waals surface area contributed by atoms with Crippen molar-refractivity contribution in [3.63, 3.8) is 0 Å². The Kier molecular flexibility index (Phi) is 4.97. The van der Waals surface area contributed by atoms with E-state index in [0.29, 0.717) is 0 Å². The van der Waals surface area contributed by atoms with Crippen molar-refractivity contribution in [1.29, 1.82) is 0 Å². The number of nitrogens with zero attached hydrogens (tertiary/aromatic N) is 4. The molecule has 0 aliphatic heterocycles. The molecule has 6 nitrogen and oxygen atoms in total. The van der Waals surface area contributed by atoms with Crippen LogP contribution in [0.3, 0.4) is 0 Å². The quantitative estimate of drug-likeness (QED) is 0.907. The van der Waals surface area contributed by atoms with Gasteiger partial charge in [-0.15, -0.1) is 0 Å². The zero-order chi connectivity index (χ0) is 18.1. The molecule has 1 aliphatic carbocycles. The Labute approximate surface area is 149 Å². The second-order valence-corrected chi connectivity index (χ2v) is 6.89. The molecule has 1 amide bonds. The highest BCUT2D eigenvalue weighted by molar-refractivity contribution is 5.94. The summed E-state index contributed by atoms with van der Waals surface area (Å²) in [6, 6.07) is -0.0766. The van der Waals surface area contributed by atoms with Crippen LogP contribution in [0.1, 0.15) is 78.4 Å². The van der Waals surface area contributed by atoms with E-state index in [-0.39, 0.29) is 11.9 Å². The molecule has 1 atom stereocenters. The van der Waals surface area contributed by atoms with Gasteiger partial charge in [-0.05, 0) is 60.3 Å². The van der Waals surface area contributed by atoms with Crippen molar-refractivity contribution in [1.82, 2.24) is 24.9 Å². The molecule has 0 fully saturated rings. The number of aryl methyl sites for hydroxylation is 4. The van der Waals surface area contributed by atoms with Crippen LogP contribution in [0.4, 0.5) is 0 Å². The molecule has 0 radical (unpaired) electrons. The predicted octanol–water partition coefficient (Wildman–Crippen LogP) is 3.11. The molecular formula is C19H29N5O. The molecule has 0 saturated carbocycles. The van der Waals surface area contributed by atoms with Crippen molar-refractivity contribution in [2.45, 2.75) is 79.4 Å². The number of fused-ring (bicyclic) bond motifs is 1. The lowest BCUT2D eigenvalue weighted by molar-refractivity contribution is 0.0928. The van der Waals surface area contributed by atoms with Gasteiger partial charge in [0.1, 0.15) is 5.69 Å². The first kappa shape index (κ1) is 17.7. The number of rotatable bonds is 5. The topological polar surface area (TPSA) is 64.7 Å². The molecular weight excluding hydrogens is 314 g/mol. The summed E-state index contributed by atoms with van der Waals surface area (Å²) >= 11 is 0.